The van der Waals surface area contributed by atoms with Crippen LogP contribution in [0.25, 0.3) is 76.2 Å². The fourth-order valence-corrected chi connectivity index (χ4v) is 5.86. The van der Waals surface area contributed by atoms with Crippen LogP contribution in [-0.4, -0.2) is 5.11 Å². The fourth-order valence-electron chi connectivity index (χ4n) is 5.86. The first-order chi connectivity index (χ1) is 17.8. The monoisotopic (exact) mass is 460 g/mol. The standard InChI is InChI=1S/C34H20O2/c35-30-16-15-27(34-33(30)29-17-21-8-1-2-9-22(21)19-31(29)36-34)32-25-12-6-4-10-23(25)18-28-24-11-5-3-7-20(24)13-14-26(28)32/h1-19,35H. The van der Waals surface area contributed by atoms with Gasteiger partial charge < -0.3 is 9.52 Å². The molecule has 0 spiro atoms. The largest absolute Gasteiger partial charge is 0.507 e. The van der Waals surface area contributed by atoms with E-state index in [1.807, 2.05) is 18.2 Å². The van der Waals surface area contributed by atoms with E-state index in [0.717, 1.165) is 43.6 Å². The first-order valence-electron chi connectivity index (χ1n) is 12.2. The van der Waals surface area contributed by atoms with E-state index >= 15 is 0 Å². The molecule has 8 rings (SSSR count). The molecule has 0 radical (unpaired) electrons. The number of furan rings is 1. The molecule has 168 valence electrons. The Bertz CT molecular complexity index is 2170. The van der Waals surface area contributed by atoms with Gasteiger partial charge in [0.05, 0.1) is 5.39 Å². The van der Waals surface area contributed by atoms with Gasteiger partial charge in [0.25, 0.3) is 0 Å². The first-order valence-corrected chi connectivity index (χ1v) is 12.2. The second-order valence-electron chi connectivity index (χ2n) is 9.49. The number of fused-ring (bicyclic) bond motifs is 8. The van der Waals surface area contributed by atoms with Crippen molar-refractivity contribution in [2.75, 3.05) is 0 Å². The number of benzene rings is 7. The van der Waals surface area contributed by atoms with Crippen molar-refractivity contribution >= 4 is 65.0 Å². The van der Waals surface area contributed by atoms with Gasteiger partial charge in [-0.05, 0) is 73.4 Å². The van der Waals surface area contributed by atoms with E-state index in [0.29, 0.717) is 5.58 Å². The Kier molecular flexibility index (Phi) is 3.84. The molecule has 0 aliphatic heterocycles. The molecular formula is C34H20O2. The zero-order valence-electron chi connectivity index (χ0n) is 19.3. The minimum atomic E-state index is 0.234. The highest BCUT2D eigenvalue weighted by Gasteiger charge is 2.20. The maximum Gasteiger partial charge on any atom is 0.147 e. The number of hydrogen-bond acceptors (Lipinski definition) is 2. The Morgan fingerprint density at radius 1 is 0.472 bits per heavy atom. The van der Waals surface area contributed by atoms with Gasteiger partial charge in [-0.3, -0.25) is 0 Å². The molecule has 0 fully saturated rings. The third-order valence-electron chi connectivity index (χ3n) is 7.50. The van der Waals surface area contributed by atoms with Crippen molar-refractivity contribution in [2.45, 2.75) is 0 Å². The molecule has 0 aliphatic rings. The highest BCUT2D eigenvalue weighted by Crippen LogP contribution is 2.46. The lowest BCUT2D eigenvalue weighted by Crippen LogP contribution is -1.88. The van der Waals surface area contributed by atoms with Crippen LogP contribution in [-0.2, 0) is 0 Å². The van der Waals surface area contributed by atoms with Gasteiger partial charge in [-0.2, -0.15) is 0 Å². The predicted octanol–water partition coefficient (Wildman–Crippen LogP) is 9.57. The molecule has 0 bridgehead atoms. The van der Waals surface area contributed by atoms with Crippen molar-refractivity contribution < 1.29 is 9.52 Å². The molecule has 0 unspecified atom stereocenters. The summed E-state index contributed by atoms with van der Waals surface area (Å²) in [6.45, 7) is 0. The summed E-state index contributed by atoms with van der Waals surface area (Å²) in [5.41, 5.74) is 3.61. The molecule has 1 aromatic heterocycles. The zero-order valence-corrected chi connectivity index (χ0v) is 19.3. The average molecular weight is 461 g/mol. The van der Waals surface area contributed by atoms with Gasteiger partial charge in [0.2, 0.25) is 0 Å². The zero-order chi connectivity index (χ0) is 23.8. The van der Waals surface area contributed by atoms with Crippen LogP contribution in [0.1, 0.15) is 0 Å². The van der Waals surface area contributed by atoms with Crippen LogP contribution >= 0.6 is 0 Å². The Balaban J connectivity index is 1.58. The Morgan fingerprint density at radius 2 is 1.14 bits per heavy atom. The number of aromatic hydroxyl groups is 1. The lowest BCUT2D eigenvalue weighted by molar-refractivity contribution is 0.481. The lowest BCUT2D eigenvalue weighted by atomic mass is 9.89. The number of phenols is 1. The SMILES string of the molecule is Oc1ccc(-c2c3ccccc3cc3c2ccc2ccccc23)c2oc3cc4ccccc4cc3c12. The van der Waals surface area contributed by atoms with Crippen molar-refractivity contribution in [3.05, 3.63) is 115 Å². The van der Waals surface area contributed by atoms with Crippen LogP contribution in [0.2, 0.25) is 0 Å². The van der Waals surface area contributed by atoms with E-state index in [4.69, 9.17) is 4.42 Å². The summed E-state index contributed by atoms with van der Waals surface area (Å²) in [5.74, 6) is 0.234. The number of rotatable bonds is 1. The van der Waals surface area contributed by atoms with Gasteiger partial charge in [-0.25, -0.2) is 0 Å². The molecule has 1 heterocycles. The lowest BCUT2D eigenvalue weighted by Gasteiger charge is -2.14. The second kappa shape index (κ2) is 7.10. The van der Waals surface area contributed by atoms with Gasteiger partial charge in [-0.1, -0.05) is 84.9 Å². The summed E-state index contributed by atoms with van der Waals surface area (Å²) in [6, 6.07) is 40.0. The molecule has 0 saturated heterocycles. The molecule has 36 heavy (non-hydrogen) atoms. The minimum Gasteiger partial charge on any atom is -0.507 e. The number of phenolic OH excluding ortho intramolecular Hbond substituents is 1. The first kappa shape index (κ1) is 19.5. The minimum absolute atomic E-state index is 0.234. The molecule has 0 amide bonds. The van der Waals surface area contributed by atoms with Crippen molar-refractivity contribution in [2.24, 2.45) is 0 Å². The Labute approximate surface area is 206 Å². The van der Waals surface area contributed by atoms with Gasteiger partial charge in [-0.15, -0.1) is 0 Å². The molecule has 0 aliphatic carbocycles. The van der Waals surface area contributed by atoms with Crippen molar-refractivity contribution in [1.82, 2.24) is 0 Å². The van der Waals surface area contributed by atoms with Crippen LogP contribution in [0.4, 0.5) is 0 Å². The van der Waals surface area contributed by atoms with Crippen molar-refractivity contribution in [3.63, 3.8) is 0 Å². The summed E-state index contributed by atoms with van der Waals surface area (Å²) < 4.78 is 6.55. The summed E-state index contributed by atoms with van der Waals surface area (Å²) in [7, 11) is 0. The summed E-state index contributed by atoms with van der Waals surface area (Å²) >= 11 is 0. The summed E-state index contributed by atoms with van der Waals surface area (Å²) in [5, 5.41) is 22.1. The normalized spacial score (nSPS) is 12.0. The van der Waals surface area contributed by atoms with E-state index < -0.39 is 0 Å². The Hall–Kier alpha value is -4.82. The van der Waals surface area contributed by atoms with E-state index in [2.05, 4.69) is 91.0 Å². The second-order valence-corrected chi connectivity index (χ2v) is 9.49. The molecule has 8 aromatic rings. The van der Waals surface area contributed by atoms with E-state index in [1.54, 1.807) is 6.07 Å². The highest BCUT2D eigenvalue weighted by atomic mass is 16.3. The Morgan fingerprint density at radius 3 is 1.97 bits per heavy atom. The van der Waals surface area contributed by atoms with Crippen LogP contribution in [0, 0.1) is 0 Å². The van der Waals surface area contributed by atoms with Crippen LogP contribution in [0.3, 0.4) is 0 Å². The van der Waals surface area contributed by atoms with Crippen LogP contribution < -0.4 is 0 Å². The van der Waals surface area contributed by atoms with Gasteiger partial charge in [0.15, 0.2) is 0 Å². The molecule has 7 aromatic carbocycles. The highest BCUT2D eigenvalue weighted by molar-refractivity contribution is 6.24. The van der Waals surface area contributed by atoms with E-state index in [9.17, 15) is 5.11 Å². The number of hydrogen-bond donors (Lipinski definition) is 1. The summed E-state index contributed by atoms with van der Waals surface area (Å²) in [4.78, 5) is 0. The third-order valence-corrected chi connectivity index (χ3v) is 7.50. The van der Waals surface area contributed by atoms with Crippen LogP contribution in [0.5, 0.6) is 5.75 Å². The quantitative estimate of drug-likeness (QED) is 0.195. The van der Waals surface area contributed by atoms with Crippen molar-refractivity contribution in [3.8, 4) is 16.9 Å². The predicted molar refractivity (Wildman–Crippen MR) is 151 cm³/mol. The van der Waals surface area contributed by atoms with Gasteiger partial charge in [0, 0.05) is 16.5 Å². The van der Waals surface area contributed by atoms with Gasteiger partial charge in [0.1, 0.15) is 16.9 Å². The van der Waals surface area contributed by atoms with E-state index in [-0.39, 0.29) is 5.75 Å². The molecule has 2 heteroatoms. The molecule has 0 atom stereocenters. The molecule has 0 saturated carbocycles. The smallest absolute Gasteiger partial charge is 0.147 e. The fraction of sp³-hybridized carbons (Fsp3) is 0. The maximum atomic E-state index is 11.0. The van der Waals surface area contributed by atoms with Crippen molar-refractivity contribution in [1.29, 1.82) is 0 Å². The molecular weight excluding hydrogens is 440 g/mol. The average Bonchev–Trinajstić information content (AvgIpc) is 3.30. The third kappa shape index (κ3) is 2.61. The topological polar surface area (TPSA) is 33.4 Å². The van der Waals surface area contributed by atoms with Gasteiger partial charge >= 0.3 is 0 Å². The van der Waals surface area contributed by atoms with Crippen LogP contribution in [0.15, 0.2) is 120 Å². The molecule has 2 nitrogen and oxygen atoms in total. The maximum absolute atomic E-state index is 11.0. The van der Waals surface area contributed by atoms with E-state index in [1.165, 1.54) is 26.9 Å². The summed E-state index contributed by atoms with van der Waals surface area (Å²) in [6.07, 6.45) is 0. The molecule has 1 N–H and O–H groups in total.